The van der Waals surface area contributed by atoms with Crippen LogP contribution in [-0.2, 0) is 37.7 Å². The molecule has 0 unspecified atom stereocenters. The molecule has 0 fully saturated rings. The number of allylic oxidation sites excluding steroid dienone is 2. The van der Waals surface area contributed by atoms with Crippen molar-refractivity contribution in [3.05, 3.63) is 88.8 Å². The first kappa shape index (κ1) is 43.7. The third-order valence-electron chi connectivity index (χ3n) is 11.1. The zero-order valence-corrected chi connectivity index (χ0v) is 38.3. The van der Waals surface area contributed by atoms with Crippen molar-refractivity contribution in [3.8, 4) is 11.3 Å². The number of aryl methyl sites for hydroxylation is 2. The molecule has 0 saturated heterocycles. The van der Waals surface area contributed by atoms with E-state index >= 15 is 0 Å². The molecule has 4 aromatic carbocycles. The van der Waals surface area contributed by atoms with E-state index < -0.39 is 0 Å². The van der Waals surface area contributed by atoms with Gasteiger partial charge in [0.25, 0.3) is 0 Å². The van der Waals surface area contributed by atoms with Crippen molar-refractivity contribution >= 4 is 49.9 Å². The summed E-state index contributed by atoms with van der Waals surface area (Å²) >= 11 is 1.93. The van der Waals surface area contributed by atoms with E-state index in [9.17, 15) is 9.90 Å². The molecule has 5 aromatic rings. The third-order valence-corrected chi connectivity index (χ3v) is 12.3. The molecule has 5 heteroatoms. The van der Waals surface area contributed by atoms with Crippen molar-refractivity contribution in [3.63, 3.8) is 0 Å². The summed E-state index contributed by atoms with van der Waals surface area (Å²) in [5.41, 5.74) is 7.66. The quantitative estimate of drug-likeness (QED) is 0.0679. The van der Waals surface area contributed by atoms with Crippen LogP contribution in [0.25, 0.3) is 43.6 Å². The summed E-state index contributed by atoms with van der Waals surface area (Å²) in [5.74, 6) is 0.366. The van der Waals surface area contributed by atoms with Crippen LogP contribution in [-0.4, -0.2) is 15.9 Å². The van der Waals surface area contributed by atoms with Gasteiger partial charge in [0.1, 0.15) is 5.76 Å². The van der Waals surface area contributed by atoms with Crippen molar-refractivity contribution in [1.29, 1.82) is 0 Å². The Hall–Kier alpha value is -2.98. The average Bonchev–Trinajstić information content (AvgIpc) is 3.07. The average molecular weight is 921 g/mol. The molecule has 0 bridgehead atoms. The van der Waals surface area contributed by atoms with Gasteiger partial charge in [0.05, 0.1) is 0 Å². The van der Waals surface area contributed by atoms with E-state index in [-0.39, 0.29) is 53.8 Å². The molecular weight excluding hydrogens is 859 g/mol. The van der Waals surface area contributed by atoms with E-state index in [0.717, 1.165) is 49.9 Å². The molecule has 54 heavy (non-hydrogen) atoms. The summed E-state index contributed by atoms with van der Waals surface area (Å²) < 4.78 is 0. The van der Waals surface area contributed by atoms with Gasteiger partial charge in [-0.1, -0.05) is 129 Å². The number of nitrogens with zero attached hydrogens (tertiary/aromatic N) is 1. The van der Waals surface area contributed by atoms with Crippen molar-refractivity contribution in [1.82, 2.24) is 4.98 Å². The summed E-state index contributed by atoms with van der Waals surface area (Å²) in [6, 6.07) is 22.4. The Kier molecular flexibility index (Phi) is 13.8. The first-order valence-electron chi connectivity index (χ1n) is 19.8. The van der Waals surface area contributed by atoms with Crippen molar-refractivity contribution in [2.75, 3.05) is 0 Å². The normalized spacial score (nSPS) is 13.2. The summed E-state index contributed by atoms with van der Waals surface area (Å²) in [5, 5.41) is 17.8. The van der Waals surface area contributed by atoms with Gasteiger partial charge in [-0.15, -0.1) is 29.3 Å². The monoisotopic (exact) mass is 921 g/mol. The Morgan fingerprint density at radius 1 is 0.833 bits per heavy atom. The van der Waals surface area contributed by atoms with Crippen molar-refractivity contribution in [2.24, 2.45) is 22.2 Å². The molecule has 3 nitrogen and oxygen atoms in total. The molecule has 1 aliphatic rings. The minimum absolute atomic E-state index is 0. The molecule has 1 aromatic heterocycles. The fourth-order valence-corrected chi connectivity index (χ4v) is 8.89. The second-order valence-corrected chi connectivity index (χ2v) is 19.2. The van der Waals surface area contributed by atoms with E-state index in [4.69, 9.17) is 4.98 Å². The SMILES string of the molecule is CCC(CC)C(=O)/C=C(\O)C(C)(CC)CC.Cc1ccc2[c-]c3c(c(CC(C)(C)C)c2c1)Sc1cc2cc(CC(C)(C)C)ccc2c2cc(C)nc-3c12.[Ir]. The molecule has 0 amide bonds. The predicted octanol–water partition coefficient (Wildman–Crippen LogP) is 14.5. The van der Waals surface area contributed by atoms with Crippen LogP contribution in [0.1, 0.15) is 124 Å². The van der Waals surface area contributed by atoms with E-state index in [1.54, 1.807) is 0 Å². The van der Waals surface area contributed by atoms with Crippen molar-refractivity contribution in [2.45, 2.75) is 138 Å². The Morgan fingerprint density at radius 2 is 1.48 bits per heavy atom. The number of pyridine rings is 1. The van der Waals surface area contributed by atoms with Crippen LogP contribution in [0.5, 0.6) is 0 Å². The van der Waals surface area contributed by atoms with Gasteiger partial charge in [0.15, 0.2) is 5.78 Å². The number of benzene rings is 4. The molecule has 0 saturated carbocycles. The van der Waals surface area contributed by atoms with Crippen LogP contribution in [0.4, 0.5) is 0 Å². The van der Waals surface area contributed by atoms with Crippen LogP contribution in [0.2, 0.25) is 0 Å². The Balaban J connectivity index is 0.000000327. The molecule has 6 rings (SSSR count). The molecule has 0 aliphatic carbocycles. The zero-order valence-electron chi connectivity index (χ0n) is 35.1. The molecule has 2 heterocycles. The molecule has 291 valence electrons. The van der Waals surface area contributed by atoms with Crippen LogP contribution < -0.4 is 0 Å². The maximum absolute atomic E-state index is 11.9. The van der Waals surface area contributed by atoms with Gasteiger partial charge in [-0.2, -0.15) is 0 Å². The number of rotatable bonds is 9. The van der Waals surface area contributed by atoms with E-state index in [1.807, 2.05) is 46.4 Å². The van der Waals surface area contributed by atoms with E-state index in [0.29, 0.717) is 0 Å². The van der Waals surface area contributed by atoms with Gasteiger partial charge in [-0.25, -0.2) is 0 Å². The molecule has 1 aliphatic heterocycles. The van der Waals surface area contributed by atoms with Gasteiger partial charge in [-0.3, -0.25) is 9.78 Å². The smallest absolute Gasteiger partial charge is 0.162 e. The fraction of sp³-hybridized carbons (Fsp3) is 0.469. The molecule has 1 radical (unpaired) electrons. The maximum Gasteiger partial charge on any atom is 0.162 e. The van der Waals surface area contributed by atoms with Gasteiger partial charge < -0.3 is 5.11 Å². The molecular formula is C49H62IrNO2S-. The van der Waals surface area contributed by atoms with E-state index in [2.05, 4.69) is 110 Å². The minimum Gasteiger partial charge on any atom is -0.512 e. The number of fused-ring (bicyclic) bond motifs is 5. The first-order chi connectivity index (χ1) is 24.8. The molecule has 1 N–H and O–H groups in total. The number of hydrogen-bond donors (Lipinski definition) is 1. The standard InChI is InChI=1S/C35H36NS.C14H26O2.Ir/c1-20-9-11-23-16-28-32-31-27(14-21(2)36-32)25-12-10-22(18-34(3,4)5)15-24(25)17-30(31)37-33(28)29(26(23)13-20)19-35(6,7)8;1-6-11(7-2)12(15)10-13(16)14(5,8-3)9-4;/h9-15,17H,18-19H2,1-8H3;10-11,16H,6-9H2,1-5H3;/q-1;;/b;13-10-;. The van der Waals surface area contributed by atoms with Crippen LogP contribution in [0.3, 0.4) is 0 Å². The summed E-state index contributed by atoms with van der Waals surface area (Å²) in [6.45, 7) is 28.4. The zero-order chi connectivity index (χ0) is 39.0. The van der Waals surface area contributed by atoms with Gasteiger partial charge >= 0.3 is 0 Å². The summed E-state index contributed by atoms with van der Waals surface area (Å²) in [6.07, 6.45) is 6.92. The maximum atomic E-state index is 11.9. The van der Waals surface area contributed by atoms with Gasteiger partial charge in [0.2, 0.25) is 0 Å². The summed E-state index contributed by atoms with van der Waals surface area (Å²) in [4.78, 5) is 19.7. The molecule has 0 spiro atoms. The topological polar surface area (TPSA) is 50.2 Å². The number of aliphatic hydroxyl groups is 1. The van der Waals surface area contributed by atoms with Gasteiger partial charge in [0, 0.05) is 53.8 Å². The van der Waals surface area contributed by atoms with E-state index in [1.165, 1.54) is 70.4 Å². The first-order valence-corrected chi connectivity index (χ1v) is 20.6. The third kappa shape index (κ3) is 9.51. The summed E-state index contributed by atoms with van der Waals surface area (Å²) in [7, 11) is 0. The number of carbonyl (C=O) groups excluding carboxylic acids is 1. The Morgan fingerprint density at radius 3 is 2.07 bits per heavy atom. The number of carbonyl (C=O) groups is 1. The molecule has 0 atom stereocenters. The Bertz CT molecular complexity index is 2190. The number of aliphatic hydroxyl groups excluding tert-OH is 1. The fourth-order valence-electron chi connectivity index (χ4n) is 7.62. The largest absolute Gasteiger partial charge is 0.512 e. The number of aromatic nitrogens is 1. The second-order valence-electron chi connectivity index (χ2n) is 18.1. The number of ketones is 1. The number of hydrogen-bond acceptors (Lipinski definition) is 4. The second kappa shape index (κ2) is 17.0. The van der Waals surface area contributed by atoms with Crippen LogP contribution >= 0.6 is 11.8 Å². The van der Waals surface area contributed by atoms with Crippen LogP contribution in [0.15, 0.2) is 70.2 Å². The van der Waals surface area contributed by atoms with Gasteiger partial charge in [-0.05, 0) is 107 Å². The predicted molar refractivity (Wildman–Crippen MR) is 229 cm³/mol. The van der Waals surface area contributed by atoms with Crippen molar-refractivity contribution < 1.29 is 30.0 Å². The minimum atomic E-state index is -0.248. The Labute approximate surface area is 343 Å². The van der Waals surface area contributed by atoms with Crippen LogP contribution in [0, 0.1) is 42.1 Å².